The van der Waals surface area contributed by atoms with E-state index in [0.717, 1.165) is 6.42 Å². The van der Waals surface area contributed by atoms with Crippen molar-refractivity contribution in [2.75, 3.05) is 20.3 Å². The lowest BCUT2D eigenvalue weighted by atomic mass is 10.2. The van der Waals surface area contributed by atoms with E-state index in [1.54, 1.807) is 19.2 Å². The molecule has 1 rings (SSSR count). The summed E-state index contributed by atoms with van der Waals surface area (Å²) >= 11 is 0. The number of hydrogen-bond donors (Lipinski definition) is 1. The zero-order chi connectivity index (χ0) is 17.2. The zero-order valence-corrected chi connectivity index (χ0v) is 12.7. The third-order valence-corrected chi connectivity index (χ3v) is 2.18. The maximum absolute atomic E-state index is 9.75. The smallest absolute Gasteiger partial charge is 0.497 e. The van der Waals surface area contributed by atoms with Crippen LogP contribution >= 0.6 is 0 Å². The third kappa shape index (κ3) is 9.09. The van der Waals surface area contributed by atoms with E-state index in [-0.39, 0.29) is 5.90 Å². The molecule has 0 spiro atoms. The summed E-state index contributed by atoms with van der Waals surface area (Å²) in [5.41, 5.74) is 0.625. The molecule has 0 atom stereocenters. The zero-order valence-electron chi connectivity index (χ0n) is 12.7. The molecule has 0 saturated carbocycles. The standard InChI is InChI=1S/C13H19NO3.BF4/c1-4-8-17-12-7-6-10(15-3)9-11(12)13(14)16-5-2;2-1(3,4)5/h6-7,9,14H,4-5,8H2,1-3H3;/q;-1. The highest BCUT2D eigenvalue weighted by atomic mass is 19.5. The molecule has 1 aromatic carbocycles. The molecule has 0 bridgehead atoms. The Balaban J connectivity index is 0.000000763. The van der Waals surface area contributed by atoms with Gasteiger partial charge < -0.3 is 31.5 Å². The van der Waals surface area contributed by atoms with E-state index < -0.39 is 7.25 Å². The summed E-state index contributed by atoms with van der Waals surface area (Å²) in [6, 6.07) is 5.37. The van der Waals surface area contributed by atoms with Crippen LogP contribution in [0.1, 0.15) is 25.8 Å². The van der Waals surface area contributed by atoms with Crippen molar-refractivity contribution >= 4 is 13.2 Å². The van der Waals surface area contributed by atoms with E-state index in [1.807, 2.05) is 19.9 Å². The summed E-state index contributed by atoms with van der Waals surface area (Å²) in [7, 11) is -4.41. The van der Waals surface area contributed by atoms with Crippen molar-refractivity contribution in [2.45, 2.75) is 20.3 Å². The number of rotatable bonds is 6. The van der Waals surface area contributed by atoms with Crippen molar-refractivity contribution in [2.24, 2.45) is 0 Å². The average Bonchev–Trinajstić information content (AvgIpc) is 2.43. The largest absolute Gasteiger partial charge is 0.673 e. The van der Waals surface area contributed by atoms with E-state index in [9.17, 15) is 17.3 Å². The molecule has 9 heteroatoms. The second kappa shape index (κ2) is 9.91. The highest BCUT2D eigenvalue weighted by molar-refractivity contribution is 6.50. The van der Waals surface area contributed by atoms with Gasteiger partial charge in [-0.2, -0.15) is 0 Å². The molecule has 0 aliphatic carbocycles. The fraction of sp³-hybridized carbons (Fsp3) is 0.462. The van der Waals surface area contributed by atoms with Crippen LogP contribution in [0.3, 0.4) is 0 Å². The normalized spacial score (nSPS) is 10.3. The molecule has 1 aromatic rings. The van der Waals surface area contributed by atoms with Gasteiger partial charge in [-0.1, -0.05) is 6.92 Å². The summed E-state index contributed by atoms with van der Waals surface area (Å²) in [6.07, 6.45) is 0.924. The number of hydrogen-bond acceptors (Lipinski definition) is 4. The third-order valence-electron chi connectivity index (χ3n) is 2.18. The van der Waals surface area contributed by atoms with Crippen LogP contribution in [0.5, 0.6) is 11.5 Å². The minimum absolute atomic E-state index is 0.109. The highest BCUT2D eigenvalue weighted by Crippen LogP contribution is 2.25. The number of ether oxygens (including phenoxy) is 3. The Morgan fingerprint density at radius 1 is 1.18 bits per heavy atom. The predicted molar refractivity (Wildman–Crippen MR) is 77.4 cm³/mol. The van der Waals surface area contributed by atoms with Gasteiger partial charge in [0, 0.05) is 0 Å². The molecule has 4 nitrogen and oxygen atoms in total. The minimum atomic E-state index is -6.00. The summed E-state index contributed by atoms with van der Waals surface area (Å²) in [5, 5.41) is 7.82. The van der Waals surface area contributed by atoms with Crippen molar-refractivity contribution in [3.63, 3.8) is 0 Å². The monoisotopic (exact) mass is 324 g/mol. The van der Waals surface area contributed by atoms with E-state index in [2.05, 4.69) is 0 Å². The molecule has 0 radical (unpaired) electrons. The second-order valence-corrected chi connectivity index (χ2v) is 3.97. The van der Waals surface area contributed by atoms with Gasteiger partial charge in [0.25, 0.3) is 0 Å². The summed E-state index contributed by atoms with van der Waals surface area (Å²) in [4.78, 5) is 0. The van der Waals surface area contributed by atoms with E-state index in [1.165, 1.54) is 0 Å². The van der Waals surface area contributed by atoms with E-state index in [4.69, 9.17) is 19.6 Å². The Bertz CT molecular complexity index is 463. The number of halogens is 4. The molecule has 0 fully saturated rings. The molecule has 0 aliphatic rings. The molecule has 0 aromatic heterocycles. The fourth-order valence-electron chi connectivity index (χ4n) is 1.37. The Labute approximate surface area is 127 Å². The molecule has 0 saturated heterocycles. The first kappa shape index (κ1) is 20.1. The molecule has 126 valence electrons. The molecular weight excluding hydrogens is 305 g/mol. The van der Waals surface area contributed by atoms with Crippen molar-refractivity contribution in [1.82, 2.24) is 0 Å². The van der Waals surface area contributed by atoms with Crippen molar-refractivity contribution < 1.29 is 31.5 Å². The molecule has 22 heavy (non-hydrogen) atoms. The van der Waals surface area contributed by atoms with Gasteiger partial charge in [0.1, 0.15) is 11.5 Å². The summed E-state index contributed by atoms with van der Waals surface area (Å²) in [5.74, 6) is 1.46. The van der Waals surface area contributed by atoms with Crippen molar-refractivity contribution in [3.05, 3.63) is 23.8 Å². The Morgan fingerprint density at radius 2 is 1.77 bits per heavy atom. The quantitative estimate of drug-likeness (QED) is 0.370. The molecule has 0 unspecified atom stereocenters. The van der Waals surface area contributed by atoms with Gasteiger partial charge in [0.05, 0.1) is 25.9 Å². The molecular formula is C13H19BF4NO3-. The summed E-state index contributed by atoms with van der Waals surface area (Å²) < 4.78 is 54.9. The lowest BCUT2D eigenvalue weighted by Gasteiger charge is -2.13. The Kier molecular flexibility index (Phi) is 9.04. The number of nitrogens with one attached hydrogen (secondary N) is 1. The molecule has 0 aliphatic heterocycles. The van der Waals surface area contributed by atoms with Crippen LogP contribution in [0.25, 0.3) is 0 Å². The predicted octanol–water partition coefficient (Wildman–Crippen LogP) is 4.15. The minimum Gasteiger partial charge on any atom is -0.497 e. The van der Waals surface area contributed by atoms with Gasteiger partial charge in [-0.25, -0.2) is 0 Å². The molecule has 0 amide bonds. The van der Waals surface area contributed by atoms with Crippen molar-refractivity contribution in [3.8, 4) is 11.5 Å². The Morgan fingerprint density at radius 3 is 2.23 bits per heavy atom. The van der Waals surface area contributed by atoms with Gasteiger partial charge in [-0.3, -0.25) is 5.41 Å². The van der Waals surface area contributed by atoms with Crippen LogP contribution in [-0.2, 0) is 4.74 Å². The van der Waals surface area contributed by atoms with Crippen LogP contribution < -0.4 is 9.47 Å². The summed E-state index contributed by atoms with van der Waals surface area (Å²) in [6.45, 7) is 4.97. The van der Waals surface area contributed by atoms with Gasteiger partial charge in [-0.15, -0.1) is 0 Å². The van der Waals surface area contributed by atoms with Crippen LogP contribution in [0.15, 0.2) is 18.2 Å². The fourth-order valence-corrected chi connectivity index (χ4v) is 1.37. The lowest BCUT2D eigenvalue weighted by molar-refractivity contribution is 0.304. The molecule has 0 heterocycles. The SMILES string of the molecule is CCCOc1ccc(OC)cc1C(=N)OCC.F[B-](F)(F)F. The Hall–Kier alpha value is -1.93. The maximum Gasteiger partial charge on any atom is 0.673 e. The van der Waals surface area contributed by atoms with Crippen LogP contribution in [0, 0.1) is 5.41 Å². The first-order valence-electron chi connectivity index (χ1n) is 6.62. The second-order valence-electron chi connectivity index (χ2n) is 3.97. The maximum atomic E-state index is 9.75. The van der Waals surface area contributed by atoms with Crippen LogP contribution in [0.4, 0.5) is 17.3 Å². The number of benzene rings is 1. The van der Waals surface area contributed by atoms with Gasteiger partial charge in [0.2, 0.25) is 5.90 Å². The van der Waals surface area contributed by atoms with E-state index >= 15 is 0 Å². The first-order chi connectivity index (χ1) is 10.2. The number of methoxy groups -OCH3 is 1. The van der Waals surface area contributed by atoms with E-state index in [0.29, 0.717) is 30.3 Å². The van der Waals surface area contributed by atoms with Gasteiger partial charge in [0.15, 0.2) is 0 Å². The first-order valence-corrected chi connectivity index (χ1v) is 6.62. The highest BCUT2D eigenvalue weighted by Gasteiger charge is 2.20. The molecule has 1 N–H and O–H groups in total. The van der Waals surface area contributed by atoms with Crippen molar-refractivity contribution in [1.29, 1.82) is 5.41 Å². The topological polar surface area (TPSA) is 51.5 Å². The van der Waals surface area contributed by atoms with Gasteiger partial charge >= 0.3 is 7.25 Å². The van der Waals surface area contributed by atoms with Gasteiger partial charge in [-0.05, 0) is 31.5 Å². The lowest BCUT2D eigenvalue weighted by Crippen LogP contribution is -2.08. The van der Waals surface area contributed by atoms with Crippen LogP contribution in [0.2, 0.25) is 0 Å². The van der Waals surface area contributed by atoms with Crippen LogP contribution in [-0.4, -0.2) is 33.5 Å². The average molecular weight is 324 g/mol.